The Morgan fingerprint density at radius 1 is 0.556 bits per heavy atom. The maximum absolute atomic E-state index is 2.47. The second kappa shape index (κ2) is 3.48. The van der Waals surface area contributed by atoms with Gasteiger partial charge in [0.05, 0.1) is 0 Å². The summed E-state index contributed by atoms with van der Waals surface area (Å²) in [6, 6.07) is 0. The number of rotatable bonds is 1. The maximum Gasteiger partial charge on any atom is 0.0379 e. The molecule has 9 heavy (non-hydrogen) atoms. The van der Waals surface area contributed by atoms with Crippen LogP contribution in [0.5, 0.6) is 0 Å². The first kappa shape index (κ1) is 12.7. The Morgan fingerprint density at radius 2 is 0.667 bits per heavy atom. The third-order valence-corrected chi connectivity index (χ3v) is 20.2. The van der Waals surface area contributed by atoms with Crippen LogP contribution >= 0.6 is 0 Å². The average molecular weight is 253 g/mol. The summed E-state index contributed by atoms with van der Waals surface area (Å²) in [6.45, 7) is 14.8. The molecule has 0 saturated carbocycles. The van der Waals surface area contributed by atoms with Gasteiger partial charge in [0.15, 0.2) is 0 Å². The van der Waals surface area contributed by atoms with Crippen LogP contribution in [0.4, 0.5) is 0 Å². The Bertz CT molecular complexity index is 66.0. The topological polar surface area (TPSA) is 0 Å². The second-order valence-corrected chi connectivity index (χ2v) is 22.5. The Hall–Kier alpha value is 1.10. The zero-order valence-corrected chi connectivity index (χ0v) is 10.9. The van der Waals surface area contributed by atoms with E-state index < -0.39 is 15.2 Å². The summed E-state index contributed by atoms with van der Waals surface area (Å²) < 4.78 is 0. The van der Waals surface area contributed by atoms with Gasteiger partial charge in [-0.1, -0.05) is 39.3 Å². The third-order valence-electron chi connectivity index (χ3n) is 2.25. The Labute approximate surface area is 74.9 Å². The minimum Gasteiger partial charge on any atom is -0.0715 e. The van der Waals surface area contributed by atoms with Crippen LogP contribution in [-0.4, -0.2) is 15.2 Å². The fraction of sp³-hybridized carbons (Fsp3) is 1.00. The molecule has 0 nitrogen and oxygen atoms in total. The van der Waals surface area contributed by atoms with E-state index in [0.717, 1.165) is 0 Å². The summed E-state index contributed by atoms with van der Waals surface area (Å²) in [4.78, 5) is 0. The molecule has 0 amide bonds. The SMILES string of the molecule is C[Si](C)(C)[Si](C)(C)C.[Pd]. The monoisotopic (exact) mass is 252 g/mol. The molecule has 0 aromatic heterocycles. The molecule has 0 aromatic carbocycles. The van der Waals surface area contributed by atoms with Gasteiger partial charge in [0.2, 0.25) is 0 Å². The quantitative estimate of drug-likeness (QED) is 0.630. The van der Waals surface area contributed by atoms with Crippen LogP contribution in [-0.2, 0) is 20.4 Å². The number of hydrogen-bond acceptors (Lipinski definition) is 0. The first-order valence-corrected chi connectivity index (χ1v) is 11.2. The van der Waals surface area contributed by atoms with Gasteiger partial charge in [-0.2, -0.15) is 0 Å². The summed E-state index contributed by atoms with van der Waals surface area (Å²) in [7, 11) is -1.44. The molecule has 0 bridgehead atoms. The van der Waals surface area contributed by atoms with Crippen molar-refractivity contribution in [1.82, 2.24) is 0 Å². The van der Waals surface area contributed by atoms with Crippen molar-refractivity contribution < 1.29 is 20.4 Å². The van der Waals surface area contributed by atoms with Crippen LogP contribution in [0.25, 0.3) is 0 Å². The van der Waals surface area contributed by atoms with Crippen molar-refractivity contribution in [2.45, 2.75) is 39.3 Å². The van der Waals surface area contributed by atoms with E-state index in [2.05, 4.69) is 39.3 Å². The number of hydrogen-bond donors (Lipinski definition) is 0. The van der Waals surface area contributed by atoms with Crippen molar-refractivity contribution in [2.75, 3.05) is 0 Å². The molecule has 0 atom stereocenters. The molecule has 0 radical (unpaired) electrons. The van der Waals surface area contributed by atoms with Crippen molar-refractivity contribution in [3.8, 4) is 0 Å². The van der Waals surface area contributed by atoms with Gasteiger partial charge in [-0.15, -0.1) is 0 Å². The minimum absolute atomic E-state index is 0. The van der Waals surface area contributed by atoms with E-state index in [1.807, 2.05) is 0 Å². The first-order valence-electron chi connectivity index (χ1n) is 3.25. The van der Waals surface area contributed by atoms with Gasteiger partial charge >= 0.3 is 0 Å². The van der Waals surface area contributed by atoms with Gasteiger partial charge < -0.3 is 0 Å². The van der Waals surface area contributed by atoms with Gasteiger partial charge in [-0.25, -0.2) is 0 Å². The molecule has 0 aliphatic rings. The van der Waals surface area contributed by atoms with Crippen LogP contribution in [0.15, 0.2) is 0 Å². The van der Waals surface area contributed by atoms with Crippen LogP contribution in [0, 0.1) is 0 Å². The van der Waals surface area contributed by atoms with E-state index in [4.69, 9.17) is 0 Å². The predicted molar refractivity (Wildman–Crippen MR) is 46.7 cm³/mol. The zero-order chi connectivity index (χ0) is 7.00. The molecular weight excluding hydrogens is 235 g/mol. The third kappa shape index (κ3) is 4.49. The maximum atomic E-state index is 2.47. The van der Waals surface area contributed by atoms with Gasteiger partial charge in [-0.3, -0.25) is 0 Å². The van der Waals surface area contributed by atoms with E-state index >= 15 is 0 Å². The Morgan fingerprint density at radius 3 is 0.667 bits per heavy atom. The van der Waals surface area contributed by atoms with Gasteiger partial charge in [-0.05, 0) is 0 Å². The van der Waals surface area contributed by atoms with Crippen LogP contribution < -0.4 is 0 Å². The van der Waals surface area contributed by atoms with Crippen LogP contribution in [0.3, 0.4) is 0 Å². The van der Waals surface area contributed by atoms with Gasteiger partial charge in [0.1, 0.15) is 0 Å². The molecule has 0 unspecified atom stereocenters. The van der Waals surface area contributed by atoms with E-state index in [1.54, 1.807) is 0 Å². The van der Waals surface area contributed by atoms with Crippen molar-refractivity contribution in [2.24, 2.45) is 0 Å². The molecule has 0 N–H and O–H groups in total. The van der Waals surface area contributed by atoms with Crippen LogP contribution in [0.2, 0.25) is 39.3 Å². The molecule has 60 valence electrons. The van der Waals surface area contributed by atoms with Crippen molar-refractivity contribution >= 4 is 15.2 Å². The molecule has 0 heterocycles. The summed E-state index contributed by atoms with van der Waals surface area (Å²) in [5.74, 6) is 0. The predicted octanol–water partition coefficient (Wildman–Crippen LogP) is 2.74. The molecule has 0 fully saturated rings. The molecule has 0 saturated heterocycles. The zero-order valence-electron chi connectivity index (χ0n) is 7.32. The molecule has 0 spiro atoms. The molecular formula is C6H18PdSi2. The fourth-order valence-electron chi connectivity index (χ4n) is 0. The van der Waals surface area contributed by atoms with Crippen LogP contribution in [0.1, 0.15) is 0 Å². The molecule has 0 rings (SSSR count). The van der Waals surface area contributed by atoms with E-state index in [1.165, 1.54) is 0 Å². The summed E-state index contributed by atoms with van der Waals surface area (Å²) in [6.07, 6.45) is 0. The summed E-state index contributed by atoms with van der Waals surface area (Å²) >= 11 is 0. The van der Waals surface area contributed by atoms with E-state index in [0.29, 0.717) is 0 Å². The second-order valence-electron chi connectivity index (χ2n) is 4.50. The van der Waals surface area contributed by atoms with Crippen molar-refractivity contribution in [3.63, 3.8) is 0 Å². The minimum atomic E-state index is -0.720. The van der Waals surface area contributed by atoms with Gasteiger partial charge in [0, 0.05) is 35.6 Å². The fourth-order valence-corrected chi connectivity index (χ4v) is 0. The average Bonchev–Trinajstić information content (AvgIpc) is 1.25. The first-order chi connectivity index (χ1) is 3.25. The van der Waals surface area contributed by atoms with E-state index in [-0.39, 0.29) is 20.4 Å². The van der Waals surface area contributed by atoms with Gasteiger partial charge in [0.25, 0.3) is 0 Å². The van der Waals surface area contributed by atoms with Crippen molar-refractivity contribution in [3.05, 3.63) is 0 Å². The molecule has 0 aliphatic carbocycles. The molecule has 3 heteroatoms. The smallest absolute Gasteiger partial charge is 0.0379 e. The Balaban J connectivity index is 0. The molecule has 0 aromatic rings. The normalized spacial score (nSPS) is 12.7. The summed E-state index contributed by atoms with van der Waals surface area (Å²) in [5.41, 5.74) is 0. The largest absolute Gasteiger partial charge is 0.0715 e. The molecule has 0 aliphatic heterocycles. The summed E-state index contributed by atoms with van der Waals surface area (Å²) in [5, 5.41) is 0. The standard InChI is InChI=1S/C6H18Si2.Pd/c1-7(2,3)8(4,5)6;/h1-6H3;. The van der Waals surface area contributed by atoms with E-state index in [9.17, 15) is 0 Å². The van der Waals surface area contributed by atoms with Crippen molar-refractivity contribution in [1.29, 1.82) is 0 Å². The Kier molecular flexibility index (Phi) is 4.92.